The second-order valence-electron chi connectivity index (χ2n) is 3.72. The predicted octanol–water partition coefficient (Wildman–Crippen LogP) is 1.69. The maximum Gasteiger partial charge on any atom is 0.320 e. The Balaban J connectivity index is 2.48. The molecule has 5 heteroatoms. The van der Waals surface area contributed by atoms with Crippen molar-refractivity contribution in [2.75, 3.05) is 12.0 Å². The number of rotatable bonds is 7. The van der Waals surface area contributed by atoms with E-state index in [0.29, 0.717) is 13.0 Å². The molecule has 0 spiro atoms. The first-order valence-electron chi connectivity index (χ1n) is 5.36. The van der Waals surface area contributed by atoms with E-state index < -0.39 is 12.0 Å². The van der Waals surface area contributed by atoms with Gasteiger partial charge < -0.3 is 15.5 Å². The van der Waals surface area contributed by atoms with Gasteiger partial charge in [-0.05, 0) is 36.1 Å². The number of nitrogens with one attached hydrogen (secondary N) is 1. The SMILES string of the molecule is CSCCC(NCc1cccc(O)c1)C(=O)O. The van der Waals surface area contributed by atoms with Gasteiger partial charge in [-0.15, -0.1) is 0 Å². The Kier molecular flexibility index (Phi) is 5.86. The molecule has 0 saturated heterocycles. The van der Waals surface area contributed by atoms with Crippen LogP contribution in [0.5, 0.6) is 5.75 Å². The molecule has 4 nitrogen and oxygen atoms in total. The van der Waals surface area contributed by atoms with Crippen LogP contribution in [-0.2, 0) is 11.3 Å². The van der Waals surface area contributed by atoms with Gasteiger partial charge in [-0.2, -0.15) is 11.8 Å². The molecular weight excluding hydrogens is 238 g/mol. The molecule has 1 atom stereocenters. The number of aliphatic carboxylic acids is 1. The highest BCUT2D eigenvalue weighted by Crippen LogP contribution is 2.11. The van der Waals surface area contributed by atoms with Crippen LogP contribution >= 0.6 is 11.8 Å². The minimum absolute atomic E-state index is 0.195. The summed E-state index contributed by atoms with van der Waals surface area (Å²) in [5.74, 6) is 0.170. The number of phenols is 1. The standard InChI is InChI=1S/C12H17NO3S/c1-17-6-5-11(12(15)16)13-8-9-3-2-4-10(14)7-9/h2-4,7,11,13-14H,5-6,8H2,1H3,(H,15,16). The van der Waals surface area contributed by atoms with Gasteiger partial charge in [-0.1, -0.05) is 12.1 Å². The van der Waals surface area contributed by atoms with Crippen molar-refractivity contribution in [3.63, 3.8) is 0 Å². The van der Waals surface area contributed by atoms with Crippen molar-refractivity contribution in [3.8, 4) is 5.75 Å². The van der Waals surface area contributed by atoms with Gasteiger partial charge in [-0.3, -0.25) is 4.79 Å². The van der Waals surface area contributed by atoms with Crippen LogP contribution in [-0.4, -0.2) is 34.2 Å². The average molecular weight is 255 g/mol. The van der Waals surface area contributed by atoms with Gasteiger partial charge >= 0.3 is 5.97 Å². The second kappa shape index (κ2) is 7.19. The number of carbonyl (C=O) groups is 1. The van der Waals surface area contributed by atoms with E-state index in [-0.39, 0.29) is 5.75 Å². The summed E-state index contributed by atoms with van der Waals surface area (Å²) in [5, 5.41) is 21.3. The quantitative estimate of drug-likeness (QED) is 0.691. The molecule has 0 heterocycles. The van der Waals surface area contributed by atoms with E-state index in [0.717, 1.165) is 11.3 Å². The molecule has 0 aromatic heterocycles. The molecule has 1 aromatic rings. The lowest BCUT2D eigenvalue weighted by molar-refractivity contribution is -0.139. The van der Waals surface area contributed by atoms with Gasteiger partial charge in [0.15, 0.2) is 0 Å². The van der Waals surface area contributed by atoms with Crippen molar-refractivity contribution >= 4 is 17.7 Å². The number of carboxylic acid groups (broad SMARTS) is 1. The van der Waals surface area contributed by atoms with Crippen LogP contribution in [0.4, 0.5) is 0 Å². The van der Waals surface area contributed by atoms with Gasteiger partial charge in [0.1, 0.15) is 11.8 Å². The molecule has 94 valence electrons. The van der Waals surface area contributed by atoms with Crippen molar-refractivity contribution < 1.29 is 15.0 Å². The normalized spacial score (nSPS) is 12.3. The highest BCUT2D eigenvalue weighted by atomic mass is 32.2. The lowest BCUT2D eigenvalue weighted by Gasteiger charge is -2.13. The third-order valence-electron chi connectivity index (χ3n) is 2.37. The van der Waals surface area contributed by atoms with Gasteiger partial charge in [-0.25, -0.2) is 0 Å². The fourth-order valence-corrected chi connectivity index (χ4v) is 1.93. The molecule has 0 saturated carbocycles. The molecule has 0 fully saturated rings. The zero-order valence-corrected chi connectivity index (χ0v) is 10.5. The molecule has 0 radical (unpaired) electrons. The van der Waals surface area contributed by atoms with Gasteiger partial charge in [0.2, 0.25) is 0 Å². The van der Waals surface area contributed by atoms with Crippen LogP contribution in [0.2, 0.25) is 0 Å². The van der Waals surface area contributed by atoms with E-state index in [1.54, 1.807) is 30.0 Å². The van der Waals surface area contributed by atoms with Gasteiger partial charge in [0.05, 0.1) is 0 Å². The fourth-order valence-electron chi connectivity index (χ4n) is 1.46. The highest BCUT2D eigenvalue weighted by molar-refractivity contribution is 7.98. The molecule has 0 bridgehead atoms. The Labute approximate surface area is 105 Å². The number of hydrogen-bond donors (Lipinski definition) is 3. The smallest absolute Gasteiger partial charge is 0.320 e. The lowest BCUT2D eigenvalue weighted by atomic mass is 10.2. The minimum Gasteiger partial charge on any atom is -0.508 e. The van der Waals surface area contributed by atoms with Crippen molar-refractivity contribution in [1.82, 2.24) is 5.32 Å². The largest absolute Gasteiger partial charge is 0.508 e. The van der Waals surface area contributed by atoms with Gasteiger partial charge in [0, 0.05) is 6.54 Å². The van der Waals surface area contributed by atoms with Crippen LogP contribution in [0.1, 0.15) is 12.0 Å². The van der Waals surface area contributed by atoms with Crippen LogP contribution in [0, 0.1) is 0 Å². The Morgan fingerprint density at radius 2 is 2.29 bits per heavy atom. The summed E-state index contributed by atoms with van der Waals surface area (Å²) in [6.07, 6.45) is 2.55. The first kappa shape index (κ1) is 13.9. The van der Waals surface area contributed by atoms with E-state index in [1.807, 2.05) is 12.3 Å². The highest BCUT2D eigenvalue weighted by Gasteiger charge is 2.15. The molecule has 0 aliphatic carbocycles. The van der Waals surface area contributed by atoms with Crippen LogP contribution < -0.4 is 5.32 Å². The van der Waals surface area contributed by atoms with E-state index >= 15 is 0 Å². The fraction of sp³-hybridized carbons (Fsp3) is 0.417. The summed E-state index contributed by atoms with van der Waals surface area (Å²) in [4.78, 5) is 11.0. The molecule has 17 heavy (non-hydrogen) atoms. The van der Waals surface area contributed by atoms with Crippen molar-refractivity contribution in [1.29, 1.82) is 0 Å². The Hall–Kier alpha value is -1.20. The summed E-state index contributed by atoms with van der Waals surface area (Å²) in [5.41, 5.74) is 0.875. The van der Waals surface area contributed by atoms with Crippen molar-refractivity contribution in [2.45, 2.75) is 19.0 Å². The van der Waals surface area contributed by atoms with E-state index in [2.05, 4.69) is 5.32 Å². The molecule has 3 N–H and O–H groups in total. The molecular formula is C12H17NO3S. The number of carboxylic acids is 1. The van der Waals surface area contributed by atoms with E-state index in [1.165, 1.54) is 0 Å². The van der Waals surface area contributed by atoms with E-state index in [9.17, 15) is 9.90 Å². The first-order valence-corrected chi connectivity index (χ1v) is 6.76. The molecule has 1 aromatic carbocycles. The summed E-state index contributed by atoms with van der Waals surface area (Å²) < 4.78 is 0. The Morgan fingerprint density at radius 3 is 2.88 bits per heavy atom. The maximum atomic E-state index is 11.0. The number of thioether (sulfide) groups is 1. The summed E-state index contributed by atoms with van der Waals surface area (Å²) >= 11 is 1.63. The number of aromatic hydroxyl groups is 1. The number of hydrogen-bond acceptors (Lipinski definition) is 4. The third kappa shape index (κ3) is 5.10. The molecule has 1 rings (SSSR count). The molecule has 0 aliphatic rings. The van der Waals surface area contributed by atoms with Crippen LogP contribution in [0.25, 0.3) is 0 Å². The molecule has 1 unspecified atom stereocenters. The number of phenolic OH excluding ortho intramolecular Hbond substituents is 1. The predicted molar refractivity (Wildman–Crippen MR) is 69.4 cm³/mol. The lowest BCUT2D eigenvalue weighted by Crippen LogP contribution is -2.36. The molecule has 0 aliphatic heterocycles. The summed E-state index contributed by atoms with van der Waals surface area (Å²) in [6.45, 7) is 0.444. The van der Waals surface area contributed by atoms with E-state index in [4.69, 9.17) is 5.11 Å². The average Bonchev–Trinajstić information content (AvgIpc) is 2.28. The third-order valence-corrected chi connectivity index (χ3v) is 3.02. The summed E-state index contributed by atoms with van der Waals surface area (Å²) in [7, 11) is 0. The second-order valence-corrected chi connectivity index (χ2v) is 4.71. The summed E-state index contributed by atoms with van der Waals surface area (Å²) in [6, 6.07) is 6.26. The number of benzene rings is 1. The van der Waals surface area contributed by atoms with Crippen LogP contribution in [0.3, 0.4) is 0 Å². The Bertz CT molecular complexity index is 371. The topological polar surface area (TPSA) is 69.6 Å². The molecule has 0 amide bonds. The minimum atomic E-state index is -0.834. The first-order chi connectivity index (χ1) is 8.13. The zero-order valence-electron chi connectivity index (χ0n) is 9.72. The Morgan fingerprint density at radius 1 is 1.53 bits per heavy atom. The maximum absolute atomic E-state index is 11.0. The monoisotopic (exact) mass is 255 g/mol. The van der Waals surface area contributed by atoms with Crippen LogP contribution in [0.15, 0.2) is 24.3 Å². The van der Waals surface area contributed by atoms with Gasteiger partial charge in [0.25, 0.3) is 0 Å². The van der Waals surface area contributed by atoms with Crippen molar-refractivity contribution in [2.24, 2.45) is 0 Å². The van der Waals surface area contributed by atoms with Crippen molar-refractivity contribution in [3.05, 3.63) is 29.8 Å². The zero-order chi connectivity index (χ0) is 12.7.